The van der Waals surface area contributed by atoms with Crippen LogP contribution in [0, 0.1) is 21.4 Å². The number of hydrogen-bond acceptors (Lipinski definition) is 4. The van der Waals surface area contributed by atoms with Crippen molar-refractivity contribution in [2.24, 2.45) is 4.99 Å². The molecule has 0 radical (unpaired) electrons. The van der Waals surface area contributed by atoms with Gasteiger partial charge in [-0.25, -0.2) is 4.99 Å². The van der Waals surface area contributed by atoms with Crippen molar-refractivity contribution >= 4 is 17.1 Å². The molecule has 92 valence electrons. The third kappa shape index (κ3) is 2.82. The van der Waals surface area contributed by atoms with Crippen molar-refractivity contribution in [3.63, 3.8) is 0 Å². The molecule has 0 atom stereocenters. The molecule has 19 heavy (non-hydrogen) atoms. The van der Waals surface area contributed by atoms with Crippen LogP contribution in [0.4, 0.5) is 11.4 Å². The normalized spacial score (nSPS) is 10.8. The smallest absolute Gasteiger partial charge is 0.258 e. The Labute approximate surface area is 109 Å². The molecule has 0 N–H and O–H groups in total. The summed E-state index contributed by atoms with van der Waals surface area (Å²) in [6.45, 7) is 0. The summed E-state index contributed by atoms with van der Waals surface area (Å²) in [6.07, 6.45) is 0. The first-order valence-electron chi connectivity index (χ1n) is 5.50. The molecule has 0 aromatic heterocycles. The maximum absolute atomic E-state index is 10.9. The third-order valence-electron chi connectivity index (χ3n) is 2.46. The van der Waals surface area contributed by atoms with Crippen LogP contribution in [0.2, 0.25) is 0 Å². The Bertz CT molecular complexity index is 673. The average molecular weight is 251 g/mol. The van der Waals surface area contributed by atoms with E-state index in [-0.39, 0.29) is 17.0 Å². The fraction of sp³-hybridized carbons (Fsp3) is 0. The van der Waals surface area contributed by atoms with Gasteiger partial charge >= 0.3 is 0 Å². The summed E-state index contributed by atoms with van der Waals surface area (Å²) in [5.74, 6) is 0. The summed E-state index contributed by atoms with van der Waals surface area (Å²) >= 11 is 0. The predicted molar refractivity (Wildman–Crippen MR) is 71.3 cm³/mol. The van der Waals surface area contributed by atoms with Crippen LogP contribution in [-0.2, 0) is 0 Å². The van der Waals surface area contributed by atoms with E-state index in [1.807, 2.05) is 12.1 Å². The van der Waals surface area contributed by atoms with Crippen LogP contribution >= 0.6 is 0 Å². The first kappa shape index (κ1) is 12.5. The Morgan fingerprint density at radius 1 is 1.11 bits per heavy atom. The summed E-state index contributed by atoms with van der Waals surface area (Å²) in [4.78, 5) is 14.6. The minimum Gasteiger partial charge on any atom is -0.258 e. The highest BCUT2D eigenvalue weighted by Crippen LogP contribution is 2.21. The molecule has 0 heterocycles. The maximum Gasteiger partial charge on any atom is 0.279 e. The van der Waals surface area contributed by atoms with Crippen LogP contribution in [0.1, 0.15) is 5.56 Å². The quantitative estimate of drug-likeness (QED) is 0.477. The largest absolute Gasteiger partial charge is 0.279 e. The lowest BCUT2D eigenvalue weighted by atomic mass is 10.1. The Kier molecular flexibility index (Phi) is 3.64. The first-order chi connectivity index (χ1) is 9.22. The van der Waals surface area contributed by atoms with Gasteiger partial charge < -0.3 is 0 Å². The van der Waals surface area contributed by atoms with Crippen molar-refractivity contribution in [3.8, 4) is 6.07 Å². The van der Waals surface area contributed by atoms with Gasteiger partial charge in [-0.15, -0.1) is 0 Å². The molecular formula is C14H9N3O2. The Morgan fingerprint density at radius 3 is 2.37 bits per heavy atom. The van der Waals surface area contributed by atoms with Crippen LogP contribution < -0.4 is 0 Å². The van der Waals surface area contributed by atoms with Gasteiger partial charge in [-0.2, -0.15) is 5.26 Å². The summed E-state index contributed by atoms with van der Waals surface area (Å²) < 4.78 is 0. The van der Waals surface area contributed by atoms with E-state index in [4.69, 9.17) is 5.26 Å². The Morgan fingerprint density at radius 2 is 1.74 bits per heavy atom. The zero-order valence-corrected chi connectivity index (χ0v) is 9.85. The number of nitrogens with zero attached hydrogens (tertiary/aromatic N) is 3. The fourth-order valence-electron chi connectivity index (χ4n) is 1.61. The van der Waals surface area contributed by atoms with Crippen molar-refractivity contribution in [2.45, 2.75) is 0 Å². The number of hydrogen-bond donors (Lipinski definition) is 0. The van der Waals surface area contributed by atoms with E-state index in [0.29, 0.717) is 5.69 Å². The molecule has 2 aromatic carbocycles. The second-order valence-corrected chi connectivity index (χ2v) is 3.68. The van der Waals surface area contributed by atoms with Crippen molar-refractivity contribution < 1.29 is 4.92 Å². The fourth-order valence-corrected chi connectivity index (χ4v) is 1.61. The van der Waals surface area contributed by atoms with E-state index in [1.54, 1.807) is 36.4 Å². The second-order valence-electron chi connectivity index (χ2n) is 3.68. The lowest BCUT2D eigenvalue weighted by molar-refractivity contribution is -0.385. The zero-order valence-electron chi connectivity index (χ0n) is 9.85. The average Bonchev–Trinajstić information content (AvgIpc) is 2.46. The SMILES string of the molecule is N#CC(=Nc1ccccc1)c1ccccc1[N+](=O)[O-]. The Hall–Kier alpha value is -3.00. The van der Waals surface area contributed by atoms with Crippen LogP contribution in [0.25, 0.3) is 0 Å². The highest BCUT2D eigenvalue weighted by Gasteiger charge is 2.17. The number of benzene rings is 2. The minimum absolute atomic E-state index is 0.0264. The molecule has 0 fully saturated rings. The van der Waals surface area contributed by atoms with Gasteiger partial charge in [0, 0.05) is 6.07 Å². The van der Waals surface area contributed by atoms with Crippen molar-refractivity contribution in [2.75, 3.05) is 0 Å². The van der Waals surface area contributed by atoms with Crippen molar-refractivity contribution in [1.29, 1.82) is 5.26 Å². The van der Waals surface area contributed by atoms with E-state index in [0.717, 1.165) is 0 Å². The highest BCUT2D eigenvalue weighted by molar-refractivity contribution is 6.15. The third-order valence-corrected chi connectivity index (χ3v) is 2.46. The number of aliphatic imine (C=N–C) groups is 1. The molecule has 0 amide bonds. The van der Waals surface area contributed by atoms with Crippen LogP contribution in [-0.4, -0.2) is 10.6 Å². The topological polar surface area (TPSA) is 79.3 Å². The number of nitro groups is 1. The predicted octanol–water partition coefficient (Wildman–Crippen LogP) is 3.24. The van der Waals surface area contributed by atoms with Crippen molar-refractivity contribution in [1.82, 2.24) is 0 Å². The molecule has 2 rings (SSSR count). The van der Waals surface area contributed by atoms with E-state index < -0.39 is 4.92 Å². The summed E-state index contributed by atoms with van der Waals surface area (Å²) in [7, 11) is 0. The van der Waals surface area contributed by atoms with Gasteiger partial charge in [-0.3, -0.25) is 10.1 Å². The maximum atomic E-state index is 10.9. The van der Waals surface area contributed by atoms with Gasteiger partial charge in [-0.1, -0.05) is 30.3 Å². The molecule has 0 spiro atoms. The molecule has 0 saturated heterocycles. The number of nitro benzene ring substituents is 1. The number of nitriles is 1. The summed E-state index contributed by atoms with van der Waals surface area (Å²) in [6, 6.07) is 16.8. The highest BCUT2D eigenvalue weighted by atomic mass is 16.6. The van der Waals surface area contributed by atoms with E-state index >= 15 is 0 Å². The van der Waals surface area contributed by atoms with E-state index in [1.165, 1.54) is 12.1 Å². The molecular weight excluding hydrogens is 242 g/mol. The standard InChI is InChI=1S/C14H9N3O2/c15-10-13(16-11-6-2-1-3-7-11)12-8-4-5-9-14(12)17(18)19/h1-9H. The number of para-hydroxylation sites is 2. The zero-order chi connectivity index (χ0) is 13.7. The molecule has 0 saturated carbocycles. The molecule has 0 aliphatic rings. The monoisotopic (exact) mass is 251 g/mol. The molecule has 0 aliphatic heterocycles. The Balaban J connectivity index is 2.53. The molecule has 5 heteroatoms. The minimum atomic E-state index is -0.521. The van der Waals surface area contributed by atoms with Gasteiger partial charge in [-0.05, 0) is 18.2 Å². The number of rotatable bonds is 3. The molecule has 0 bridgehead atoms. The molecule has 5 nitrogen and oxygen atoms in total. The van der Waals surface area contributed by atoms with Gasteiger partial charge in [0.1, 0.15) is 6.07 Å². The van der Waals surface area contributed by atoms with Crippen molar-refractivity contribution in [3.05, 3.63) is 70.3 Å². The van der Waals surface area contributed by atoms with Gasteiger partial charge in [0.2, 0.25) is 0 Å². The van der Waals surface area contributed by atoms with Gasteiger partial charge in [0.25, 0.3) is 5.69 Å². The van der Waals surface area contributed by atoms with Crippen LogP contribution in [0.3, 0.4) is 0 Å². The van der Waals surface area contributed by atoms with Gasteiger partial charge in [0.05, 0.1) is 16.2 Å². The lowest BCUT2D eigenvalue weighted by Crippen LogP contribution is -2.02. The summed E-state index contributed by atoms with van der Waals surface area (Å²) in [5, 5.41) is 20.1. The van der Waals surface area contributed by atoms with Crippen LogP contribution in [0.15, 0.2) is 59.6 Å². The van der Waals surface area contributed by atoms with E-state index in [2.05, 4.69) is 4.99 Å². The molecule has 0 aliphatic carbocycles. The first-order valence-corrected chi connectivity index (χ1v) is 5.50. The molecule has 2 aromatic rings. The summed E-state index contributed by atoms with van der Waals surface area (Å²) in [5.41, 5.74) is 0.702. The van der Waals surface area contributed by atoms with E-state index in [9.17, 15) is 10.1 Å². The second kappa shape index (κ2) is 5.56. The van der Waals surface area contributed by atoms with Gasteiger partial charge in [0.15, 0.2) is 5.71 Å². The van der Waals surface area contributed by atoms with Crippen LogP contribution in [0.5, 0.6) is 0 Å². The lowest BCUT2D eigenvalue weighted by Gasteiger charge is -2.00. The molecule has 0 unspecified atom stereocenters.